The van der Waals surface area contributed by atoms with E-state index in [1.54, 1.807) is 18.0 Å². The lowest BCUT2D eigenvalue weighted by atomic mass is 10.1. The van der Waals surface area contributed by atoms with Crippen molar-refractivity contribution in [3.63, 3.8) is 0 Å². The van der Waals surface area contributed by atoms with E-state index in [1.165, 1.54) is 0 Å². The Hall–Kier alpha value is -1.23. The normalized spacial score (nSPS) is 12.0. The summed E-state index contributed by atoms with van der Waals surface area (Å²) in [5, 5.41) is 6.33. The topological polar surface area (TPSA) is 54.0 Å². The fraction of sp³-hybridized carbons (Fsp3) is 0.600. The van der Waals surface area contributed by atoms with Crippen LogP contribution in [0.3, 0.4) is 0 Å². The van der Waals surface area contributed by atoms with Gasteiger partial charge in [-0.25, -0.2) is 0 Å². The Morgan fingerprint density at radius 1 is 1.50 bits per heavy atom. The van der Waals surface area contributed by atoms with Crippen molar-refractivity contribution in [1.29, 1.82) is 0 Å². The average Bonchev–Trinajstić information content (AvgIpc) is 2.42. The van der Waals surface area contributed by atoms with Crippen molar-refractivity contribution < 1.29 is 4.79 Å². The number of hydrogen-bond acceptors (Lipinski definition) is 4. The SMILES string of the molecule is CCCNc1cc(C)ncc1C(=O)NC(C)CCSC. The number of nitrogens with zero attached hydrogens (tertiary/aromatic N) is 1. The van der Waals surface area contributed by atoms with Gasteiger partial charge in [0.15, 0.2) is 0 Å². The fourth-order valence-electron chi connectivity index (χ4n) is 1.82. The van der Waals surface area contributed by atoms with E-state index in [2.05, 4.69) is 28.8 Å². The molecule has 1 aromatic rings. The average molecular weight is 295 g/mol. The molecule has 0 radical (unpaired) electrons. The molecule has 5 heteroatoms. The highest BCUT2D eigenvalue weighted by Gasteiger charge is 2.14. The van der Waals surface area contributed by atoms with Crippen molar-refractivity contribution in [3.05, 3.63) is 23.5 Å². The zero-order valence-electron chi connectivity index (χ0n) is 12.8. The van der Waals surface area contributed by atoms with E-state index in [1.807, 2.05) is 19.9 Å². The molecule has 20 heavy (non-hydrogen) atoms. The van der Waals surface area contributed by atoms with Gasteiger partial charge in [-0.1, -0.05) is 6.92 Å². The Balaban J connectivity index is 2.75. The van der Waals surface area contributed by atoms with Gasteiger partial charge in [-0.3, -0.25) is 9.78 Å². The van der Waals surface area contributed by atoms with Crippen LogP contribution in [0.15, 0.2) is 12.3 Å². The zero-order valence-corrected chi connectivity index (χ0v) is 13.6. The van der Waals surface area contributed by atoms with Gasteiger partial charge in [-0.2, -0.15) is 11.8 Å². The largest absolute Gasteiger partial charge is 0.384 e. The van der Waals surface area contributed by atoms with Gasteiger partial charge in [0.25, 0.3) is 5.91 Å². The van der Waals surface area contributed by atoms with Crippen LogP contribution in [0.2, 0.25) is 0 Å². The number of carbonyl (C=O) groups is 1. The minimum atomic E-state index is -0.0512. The first-order valence-electron chi connectivity index (χ1n) is 7.08. The highest BCUT2D eigenvalue weighted by molar-refractivity contribution is 7.98. The highest BCUT2D eigenvalue weighted by Crippen LogP contribution is 2.16. The number of pyridine rings is 1. The first-order valence-corrected chi connectivity index (χ1v) is 8.48. The summed E-state index contributed by atoms with van der Waals surface area (Å²) in [5.74, 6) is 0.999. The predicted molar refractivity (Wildman–Crippen MR) is 87.7 cm³/mol. The molecule has 0 saturated heterocycles. The Morgan fingerprint density at radius 3 is 2.90 bits per heavy atom. The standard InChI is InChI=1S/C15H25N3OS/c1-5-7-16-14-9-12(3)17-10-13(14)15(19)18-11(2)6-8-20-4/h9-11H,5-8H2,1-4H3,(H,16,17)(H,18,19). The summed E-state index contributed by atoms with van der Waals surface area (Å²) in [6.07, 6.45) is 5.73. The molecule has 0 aromatic carbocycles. The molecule has 1 amide bonds. The zero-order chi connectivity index (χ0) is 15.0. The number of thioether (sulfide) groups is 1. The molecule has 0 aliphatic carbocycles. The number of hydrogen-bond donors (Lipinski definition) is 2. The van der Waals surface area contributed by atoms with Crippen molar-refractivity contribution in [2.45, 2.75) is 39.7 Å². The van der Waals surface area contributed by atoms with Crippen LogP contribution in [0, 0.1) is 6.92 Å². The van der Waals surface area contributed by atoms with E-state index in [0.29, 0.717) is 5.56 Å². The third-order valence-electron chi connectivity index (χ3n) is 2.98. The van der Waals surface area contributed by atoms with E-state index < -0.39 is 0 Å². The summed E-state index contributed by atoms with van der Waals surface area (Å²) in [5.41, 5.74) is 2.41. The first-order chi connectivity index (χ1) is 9.58. The number of rotatable bonds is 8. The smallest absolute Gasteiger partial charge is 0.255 e. The van der Waals surface area contributed by atoms with E-state index in [4.69, 9.17) is 0 Å². The molecule has 0 aliphatic heterocycles. The molecule has 0 aliphatic rings. The second-order valence-electron chi connectivity index (χ2n) is 4.95. The molecule has 112 valence electrons. The molecular formula is C15H25N3OS. The molecule has 0 saturated carbocycles. The quantitative estimate of drug-likeness (QED) is 0.774. The van der Waals surface area contributed by atoms with E-state index in [-0.39, 0.29) is 11.9 Å². The minimum absolute atomic E-state index is 0.0512. The van der Waals surface area contributed by atoms with Crippen molar-refractivity contribution in [2.24, 2.45) is 0 Å². The lowest BCUT2D eigenvalue weighted by Crippen LogP contribution is -2.33. The Morgan fingerprint density at radius 2 is 2.25 bits per heavy atom. The highest BCUT2D eigenvalue weighted by atomic mass is 32.2. The molecule has 0 fully saturated rings. The molecule has 2 N–H and O–H groups in total. The van der Waals surface area contributed by atoms with Crippen LogP contribution < -0.4 is 10.6 Å². The Labute approximate surface area is 126 Å². The molecular weight excluding hydrogens is 270 g/mol. The number of anilines is 1. The predicted octanol–water partition coefficient (Wildman–Crippen LogP) is 3.08. The maximum atomic E-state index is 12.3. The summed E-state index contributed by atoms with van der Waals surface area (Å²) in [7, 11) is 0. The summed E-state index contributed by atoms with van der Waals surface area (Å²) < 4.78 is 0. The molecule has 1 rings (SSSR count). The van der Waals surface area contributed by atoms with Crippen LogP contribution in [0.4, 0.5) is 5.69 Å². The number of aromatic nitrogens is 1. The van der Waals surface area contributed by atoms with E-state index in [0.717, 1.165) is 36.5 Å². The van der Waals surface area contributed by atoms with Gasteiger partial charge in [-0.05, 0) is 44.8 Å². The third kappa shape index (κ3) is 5.41. The lowest BCUT2D eigenvalue weighted by molar-refractivity contribution is 0.0940. The summed E-state index contributed by atoms with van der Waals surface area (Å²) in [4.78, 5) is 16.5. The molecule has 4 nitrogen and oxygen atoms in total. The third-order valence-corrected chi connectivity index (χ3v) is 3.63. The minimum Gasteiger partial charge on any atom is -0.384 e. The monoisotopic (exact) mass is 295 g/mol. The van der Waals surface area contributed by atoms with Crippen LogP contribution in [-0.2, 0) is 0 Å². The lowest BCUT2D eigenvalue weighted by Gasteiger charge is -2.16. The van der Waals surface area contributed by atoms with E-state index in [9.17, 15) is 4.79 Å². The van der Waals surface area contributed by atoms with Crippen molar-refractivity contribution in [1.82, 2.24) is 10.3 Å². The van der Waals surface area contributed by atoms with Crippen LogP contribution >= 0.6 is 11.8 Å². The molecule has 0 bridgehead atoms. The first kappa shape index (κ1) is 16.8. The summed E-state index contributed by atoms with van der Waals surface area (Å²) >= 11 is 1.79. The fourth-order valence-corrected chi connectivity index (χ4v) is 2.40. The summed E-state index contributed by atoms with van der Waals surface area (Å²) in [6, 6.07) is 2.10. The van der Waals surface area contributed by atoms with Crippen LogP contribution in [0.5, 0.6) is 0 Å². The van der Waals surface area contributed by atoms with Gasteiger partial charge in [0.2, 0.25) is 0 Å². The van der Waals surface area contributed by atoms with Crippen LogP contribution in [0.25, 0.3) is 0 Å². The van der Waals surface area contributed by atoms with Crippen molar-refractivity contribution in [3.8, 4) is 0 Å². The van der Waals surface area contributed by atoms with Crippen molar-refractivity contribution in [2.75, 3.05) is 23.9 Å². The summed E-state index contributed by atoms with van der Waals surface area (Å²) in [6.45, 7) is 6.92. The molecule has 1 atom stereocenters. The van der Waals surface area contributed by atoms with Gasteiger partial charge < -0.3 is 10.6 Å². The van der Waals surface area contributed by atoms with Crippen LogP contribution in [-0.4, -0.2) is 35.5 Å². The Kier molecular flexibility index (Phi) is 7.44. The second-order valence-corrected chi connectivity index (χ2v) is 5.94. The second kappa shape index (κ2) is 8.84. The molecule has 1 unspecified atom stereocenters. The van der Waals surface area contributed by atoms with Gasteiger partial charge >= 0.3 is 0 Å². The maximum absolute atomic E-state index is 12.3. The Bertz CT molecular complexity index is 437. The van der Waals surface area contributed by atoms with Gasteiger partial charge in [0.05, 0.1) is 11.3 Å². The van der Waals surface area contributed by atoms with Gasteiger partial charge in [0.1, 0.15) is 0 Å². The van der Waals surface area contributed by atoms with Gasteiger partial charge in [0, 0.05) is 24.5 Å². The van der Waals surface area contributed by atoms with E-state index >= 15 is 0 Å². The number of carbonyl (C=O) groups excluding carboxylic acids is 1. The van der Waals surface area contributed by atoms with Crippen LogP contribution in [0.1, 0.15) is 42.7 Å². The number of aryl methyl sites for hydroxylation is 1. The van der Waals surface area contributed by atoms with Crippen molar-refractivity contribution >= 4 is 23.4 Å². The maximum Gasteiger partial charge on any atom is 0.255 e. The molecule has 1 heterocycles. The number of nitrogens with one attached hydrogen (secondary N) is 2. The molecule has 1 aromatic heterocycles. The molecule has 0 spiro atoms. The number of amides is 1. The van der Waals surface area contributed by atoms with Gasteiger partial charge in [-0.15, -0.1) is 0 Å².